The van der Waals surface area contributed by atoms with Gasteiger partial charge >= 0.3 is 5.97 Å². The highest BCUT2D eigenvalue weighted by Crippen LogP contribution is 2.44. The minimum Gasteiger partial charge on any atom is -0.481 e. The van der Waals surface area contributed by atoms with Crippen molar-refractivity contribution in [3.63, 3.8) is 0 Å². The number of rotatable bonds is 9. The molecule has 0 saturated heterocycles. The topological polar surface area (TPSA) is 66.8 Å². The molecule has 1 amide bonds. The molecule has 5 nitrogen and oxygen atoms in total. The van der Waals surface area contributed by atoms with Gasteiger partial charge in [0.1, 0.15) is 0 Å². The molecule has 2 rings (SSSR count). The Kier molecular flexibility index (Phi) is 6.00. The number of ether oxygens (including phenoxy) is 1. The van der Waals surface area contributed by atoms with Gasteiger partial charge in [0, 0.05) is 32.2 Å². The Hall–Kier alpha value is -1.36. The zero-order valence-electron chi connectivity index (χ0n) is 13.5. The van der Waals surface area contributed by atoms with Crippen molar-refractivity contribution >= 4 is 11.9 Å². The zero-order chi connectivity index (χ0) is 16.1. The molecule has 1 saturated carbocycles. The molecule has 124 valence electrons. The summed E-state index contributed by atoms with van der Waals surface area (Å²) >= 11 is 0. The predicted molar refractivity (Wildman–Crippen MR) is 83.3 cm³/mol. The third-order valence-corrected chi connectivity index (χ3v) is 4.74. The monoisotopic (exact) mass is 309 g/mol. The zero-order valence-corrected chi connectivity index (χ0v) is 13.5. The van der Waals surface area contributed by atoms with Gasteiger partial charge in [0.15, 0.2) is 0 Å². The van der Waals surface area contributed by atoms with Crippen LogP contribution in [0.4, 0.5) is 0 Å². The van der Waals surface area contributed by atoms with Gasteiger partial charge in [-0.2, -0.15) is 0 Å². The van der Waals surface area contributed by atoms with E-state index in [-0.39, 0.29) is 18.4 Å². The molecule has 0 aromatic rings. The Morgan fingerprint density at radius 3 is 2.68 bits per heavy atom. The van der Waals surface area contributed by atoms with Crippen LogP contribution in [0.15, 0.2) is 12.2 Å². The van der Waals surface area contributed by atoms with Crippen molar-refractivity contribution in [1.82, 2.24) is 4.90 Å². The Morgan fingerprint density at radius 1 is 1.36 bits per heavy atom. The van der Waals surface area contributed by atoms with Gasteiger partial charge in [-0.25, -0.2) is 0 Å². The normalized spacial score (nSPS) is 27.1. The molecule has 4 atom stereocenters. The van der Waals surface area contributed by atoms with Crippen molar-refractivity contribution in [3.05, 3.63) is 12.2 Å². The van der Waals surface area contributed by atoms with E-state index in [1.54, 1.807) is 11.8 Å². The first-order valence-corrected chi connectivity index (χ1v) is 8.30. The van der Waals surface area contributed by atoms with E-state index in [0.717, 1.165) is 19.3 Å². The average molecular weight is 309 g/mol. The van der Waals surface area contributed by atoms with Crippen LogP contribution in [-0.4, -0.2) is 48.2 Å². The summed E-state index contributed by atoms with van der Waals surface area (Å²) in [4.78, 5) is 25.7. The van der Waals surface area contributed by atoms with Gasteiger partial charge in [-0.15, -0.1) is 0 Å². The summed E-state index contributed by atoms with van der Waals surface area (Å²) in [6.07, 6.45) is 7.13. The molecule has 0 heterocycles. The second kappa shape index (κ2) is 7.77. The molecule has 1 N–H and O–H groups in total. The quantitative estimate of drug-likeness (QED) is 0.523. The maximum Gasteiger partial charge on any atom is 0.308 e. The van der Waals surface area contributed by atoms with E-state index in [1.165, 1.54) is 0 Å². The van der Waals surface area contributed by atoms with Crippen LogP contribution in [0.25, 0.3) is 0 Å². The number of nitrogens with zero attached hydrogens (tertiary/aromatic N) is 1. The van der Waals surface area contributed by atoms with E-state index in [1.807, 2.05) is 6.92 Å². The molecule has 4 unspecified atom stereocenters. The van der Waals surface area contributed by atoms with Crippen LogP contribution in [0.1, 0.15) is 33.1 Å². The van der Waals surface area contributed by atoms with Crippen molar-refractivity contribution < 1.29 is 19.4 Å². The van der Waals surface area contributed by atoms with Crippen molar-refractivity contribution in [2.24, 2.45) is 23.7 Å². The number of carboxylic acids is 1. The van der Waals surface area contributed by atoms with E-state index in [9.17, 15) is 9.59 Å². The molecule has 22 heavy (non-hydrogen) atoms. The summed E-state index contributed by atoms with van der Waals surface area (Å²) in [7, 11) is 0. The van der Waals surface area contributed by atoms with E-state index in [0.29, 0.717) is 31.6 Å². The van der Waals surface area contributed by atoms with Crippen molar-refractivity contribution in [1.29, 1.82) is 0 Å². The number of carbonyl (C=O) groups is 2. The number of carboxylic acid groups (broad SMARTS) is 1. The fourth-order valence-corrected chi connectivity index (χ4v) is 3.50. The molecule has 2 aliphatic rings. The molecule has 5 heteroatoms. The third-order valence-electron chi connectivity index (χ3n) is 4.74. The Morgan fingerprint density at radius 2 is 2.14 bits per heavy atom. The van der Waals surface area contributed by atoms with Crippen LogP contribution in [0.3, 0.4) is 0 Å². The summed E-state index contributed by atoms with van der Waals surface area (Å²) in [5.41, 5.74) is 0. The lowest BCUT2D eigenvalue weighted by Gasteiger charge is -2.29. The first kappa shape index (κ1) is 17.0. The van der Waals surface area contributed by atoms with Crippen molar-refractivity contribution in [2.45, 2.75) is 33.1 Å². The van der Waals surface area contributed by atoms with E-state index in [4.69, 9.17) is 9.84 Å². The molecule has 1 fully saturated rings. The Bertz CT molecular complexity index is 434. The summed E-state index contributed by atoms with van der Waals surface area (Å²) in [6, 6.07) is 0. The molecule has 0 spiro atoms. The summed E-state index contributed by atoms with van der Waals surface area (Å²) in [5.74, 6) is -0.321. The fraction of sp³-hybridized carbons (Fsp3) is 0.765. The highest BCUT2D eigenvalue weighted by atomic mass is 16.5. The van der Waals surface area contributed by atoms with Crippen LogP contribution in [0, 0.1) is 23.7 Å². The molecule has 0 radical (unpaired) electrons. The SMILES string of the molecule is CCOCCCN(CC(C)C(=O)O)C(=O)C1CC2C=CC1C2. The van der Waals surface area contributed by atoms with E-state index in [2.05, 4.69) is 12.2 Å². The Balaban J connectivity index is 1.94. The maximum absolute atomic E-state index is 12.8. The number of fused-ring (bicyclic) bond motifs is 2. The predicted octanol–water partition coefficient (Wildman–Crippen LogP) is 2.17. The standard InChI is InChI=1S/C17H27NO4/c1-3-22-8-4-7-18(11-12(2)17(20)21)16(19)15-10-13-5-6-14(15)9-13/h5-6,12-15H,3-4,7-11H2,1-2H3,(H,20,21). The van der Waals surface area contributed by atoms with Crippen LogP contribution in [0.5, 0.6) is 0 Å². The first-order valence-electron chi connectivity index (χ1n) is 8.30. The second-order valence-electron chi connectivity index (χ2n) is 6.46. The van der Waals surface area contributed by atoms with E-state index < -0.39 is 11.9 Å². The average Bonchev–Trinajstić information content (AvgIpc) is 3.12. The Labute approximate surface area is 132 Å². The van der Waals surface area contributed by atoms with Crippen molar-refractivity contribution in [3.8, 4) is 0 Å². The largest absolute Gasteiger partial charge is 0.481 e. The molecular weight excluding hydrogens is 282 g/mol. The first-order chi connectivity index (χ1) is 10.5. The summed E-state index contributed by atoms with van der Waals surface area (Å²) in [6.45, 7) is 5.74. The summed E-state index contributed by atoms with van der Waals surface area (Å²) in [5, 5.41) is 9.12. The number of hydrogen-bond acceptors (Lipinski definition) is 3. The highest BCUT2D eigenvalue weighted by Gasteiger charge is 2.41. The molecule has 0 aromatic carbocycles. The summed E-state index contributed by atoms with van der Waals surface area (Å²) < 4.78 is 5.33. The van der Waals surface area contributed by atoms with Crippen LogP contribution in [-0.2, 0) is 14.3 Å². The van der Waals surface area contributed by atoms with Gasteiger partial charge in [-0.1, -0.05) is 19.1 Å². The third kappa shape index (κ3) is 4.09. The molecule has 0 aliphatic heterocycles. The lowest BCUT2D eigenvalue weighted by molar-refractivity contribution is -0.144. The van der Waals surface area contributed by atoms with E-state index >= 15 is 0 Å². The van der Waals surface area contributed by atoms with Crippen molar-refractivity contribution in [2.75, 3.05) is 26.3 Å². The minimum atomic E-state index is -0.851. The van der Waals surface area contributed by atoms with Gasteiger partial charge < -0.3 is 14.7 Å². The van der Waals surface area contributed by atoms with Gasteiger partial charge in [0.2, 0.25) is 5.91 Å². The molecule has 0 aromatic heterocycles. The number of amides is 1. The molecule has 2 aliphatic carbocycles. The number of aliphatic carboxylic acids is 1. The van der Waals surface area contributed by atoms with Gasteiger partial charge in [-0.05, 0) is 38.0 Å². The smallest absolute Gasteiger partial charge is 0.308 e. The number of carbonyl (C=O) groups excluding carboxylic acids is 1. The van der Waals surface area contributed by atoms with Gasteiger partial charge in [0.05, 0.1) is 5.92 Å². The van der Waals surface area contributed by atoms with Gasteiger partial charge in [0.25, 0.3) is 0 Å². The van der Waals surface area contributed by atoms with Gasteiger partial charge in [-0.3, -0.25) is 9.59 Å². The second-order valence-corrected chi connectivity index (χ2v) is 6.46. The van der Waals surface area contributed by atoms with Crippen LogP contribution in [0.2, 0.25) is 0 Å². The highest BCUT2D eigenvalue weighted by molar-refractivity contribution is 5.81. The number of hydrogen-bond donors (Lipinski definition) is 1. The fourth-order valence-electron chi connectivity index (χ4n) is 3.50. The van der Waals surface area contributed by atoms with Crippen LogP contribution < -0.4 is 0 Å². The lowest BCUT2D eigenvalue weighted by Crippen LogP contribution is -2.42. The van der Waals surface area contributed by atoms with Crippen LogP contribution >= 0.6 is 0 Å². The number of allylic oxidation sites excluding steroid dienone is 2. The maximum atomic E-state index is 12.8. The molecule has 2 bridgehead atoms. The lowest BCUT2D eigenvalue weighted by atomic mass is 9.92. The molecular formula is C17H27NO4. The minimum absolute atomic E-state index is 0.0445.